The number of rotatable bonds is 3. The smallest absolute Gasteiger partial charge is 0.317 e. The summed E-state index contributed by atoms with van der Waals surface area (Å²) in [5, 5.41) is 13.8. The Morgan fingerprint density at radius 1 is 1.29 bits per heavy atom. The van der Waals surface area contributed by atoms with Crippen molar-refractivity contribution in [1.29, 1.82) is 0 Å². The monoisotopic (exact) mass is 326 g/mol. The highest BCUT2D eigenvalue weighted by molar-refractivity contribution is 5.74. The molecule has 1 saturated heterocycles. The molecule has 2 heterocycles. The minimum absolute atomic E-state index is 0.193. The minimum Gasteiger partial charge on any atom is -0.383 e. The molecule has 1 fully saturated rings. The molecule has 1 aliphatic rings. The zero-order chi connectivity index (χ0) is 17.2. The summed E-state index contributed by atoms with van der Waals surface area (Å²) in [4.78, 5) is 22.4. The first-order valence-electron chi connectivity index (χ1n) is 8.07. The van der Waals surface area contributed by atoms with Crippen LogP contribution in [0.1, 0.15) is 28.9 Å². The van der Waals surface area contributed by atoms with E-state index in [9.17, 15) is 9.90 Å². The molecule has 1 aromatic heterocycles. The second-order valence-electron chi connectivity index (χ2n) is 6.33. The Kier molecular flexibility index (Phi) is 4.49. The molecule has 0 aliphatic carbocycles. The summed E-state index contributed by atoms with van der Waals surface area (Å²) in [6.07, 6.45) is 3.87. The zero-order valence-electron chi connectivity index (χ0n) is 14.0. The molecule has 2 aromatic rings. The van der Waals surface area contributed by atoms with Gasteiger partial charge in [-0.05, 0) is 31.4 Å². The Bertz CT molecular complexity index is 732. The maximum Gasteiger partial charge on any atom is 0.317 e. The van der Waals surface area contributed by atoms with Crippen molar-refractivity contribution < 1.29 is 9.90 Å². The number of hydrogen-bond acceptors (Lipinski definition) is 4. The summed E-state index contributed by atoms with van der Waals surface area (Å²) in [7, 11) is 0. The van der Waals surface area contributed by atoms with Crippen LogP contribution >= 0.6 is 0 Å². The van der Waals surface area contributed by atoms with Gasteiger partial charge in [0.25, 0.3) is 0 Å². The zero-order valence-corrected chi connectivity index (χ0v) is 14.0. The molecule has 24 heavy (non-hydrogen) atoms. The lowest BCUT2D eigenvalue weighted by atomic mass is 9.89. The number of carbonyl (C=O) groups excluding carboxylic acids is 1. The second-order valence-corrected chi connectivity index (χ2v) is 6.33. The van der Waals surface area contributed by atoms with Crippen LogP contribution in [0, 0.1) is 13.8 Å². The second kappa shape index (κ2) is 6.57. The van der Waals surface area contributed by atoms with Gasteiger partial charge in [-0.1, -0.05) is 24.3 Å². The Labute approximate surface area is 141 Å². The van der Waals surface area contributed by atoms with E-state index in [-0.39, 0.29) is 6.03 Å². The third-order valence-corrected chi connectivity index (χ3v) is 4.44. The predicted molar refractivity (Wildman–Crippen MR) is 90.3 cm³/mol. The molecule has 1 atom stereocenters. The summed E-state index contributed by atoms with van der Waals surface area (Å²) in [6, 6.07) is 7.58. The summed E-state index contributed by atoms with van der Waals surface area (Å²) in [5.74, 6) is 0. The molecule has 0 bridgehead atoms. The Balaban J connectivity index is 1.61. The summed E-state index contributed by atoms with van der Waals surface area (Å²) >= 11 is 0. The van der Waals surface area contributed by atoms with Crippen molar-refractivity contribution in [2.45, 2.75) is 32.4 Å². The fraction of sp³-hybridized carbons (Fsp3) is 0.389. The molecule has 0 saturated carbocycles. The molecule has 1 aliphatic heterocycles. The number of hydrogen-bond donors (Lipinski definition) is 2. The number of amides is 2. The van der Waals surface area contributed by atoms with Gasteiger partial charge in [0.1, 0.15) is 5.60 Å². The molecule has 0 radical (unpaired) electrons. The van der Waals surface area contributed by atoms with Crippen LogP contribution in [0.3, 0.4) is 0 Å². The van der Waals surface area contributed by atoms with Crippen LogP contribution in [0.4, 0.5) is 4.79 Å². The predicted octanol–water partition coefficient (Wildman–Crippen LogP) is 1.90. The maximum atomic E-state index is 12.3. The Morgan fingerprint density at radius 3 is 2.79 bits per heavy atom. The van der Waals surface area contributed by atoms with Gasteiger partial charge >= 0.3 is 6.03 Å². The van der Waals surface area contributed by atoms with Crippen LogP contribution < -0.4 is 5.32 Å². The third kappa shape index (κ3) is 3.38. The fourth-order valence-electron chi connectivity index (χ4n) is 3.07. The van der Waals surface area contributed by atoms with Crippen molar-refractivity contribution >= 4 is 6.03 Å². The lowest BCUT2D eigenvalue weighted by molar-refractivity contribution is 0.0487. The number of aromatic nitrogens is 2. The largest absolute Gasteiger partial charge is 0.383 e. The molecule has 0 spiro atoms. The number of nitrogens with zero attached hydrogens (tertiary/aromatic N) is 3. The van der Waals surface area contributed by atoms with E-state index in [4.69, 9.17) is 0 Å². The van der Waals surface area contributed by atoms with Crippen LogP contribution in [0.15, 0.2) is 36.7 Å². The van der Waals surface area contributed by atoms with Gasteiger partial charge in [-0.15, -0.1) is 0 Å². The number of β-amino-alcohol motifs (C(OH)–C–C–N with tert-alkyl or cyclic N) is 1. The first-order valence-corrected chi connectivity index (χ1v) is 8.07. The van der Waals surface area contributed by atoms with Crippen LogP contribution in [-0.2, 0) is 12.1 Å². The van der Waals surface area contributed by atoms with Crippen LogP contribution in [0.2, 0.25) is 0 Å². The number of urea groups is 1. The van der Waals surface area contributed by atoms with Crippen molar-refractivity contribution in [1.82, 2.24) is 20.2 Å². The average Bonchev–Trinajstić information content (AvgIpc) is 2.98. The van der Waals surface area contributed by atoms with Crippen molar-refractivity contribution in [3.05, 3.63) is 59.2 Å². The minimum atomic E-state index is -0.980. The van der Waals surface area contributed by atoms with Gasteiger partial charge in [-0.2, -0.15) is 0 Å². The van der Waals surface area contributed by atoms with Gasteiger partial charge in [0.2, 0.25) is 0 Å². The van der Waals surface area contributed by atoms with Gasteiger partial charge in [0.15, 0.2) is 0 Å². The number of aryl methyl sites for hydroxylation is 2. The van der Waals surface area contributed by atoms with Crippen LogP contribution in [0.25, 0.3) is 0 Å². The van der Waals surface area contributed by atoms with E-state index >= 15 is 0 Å². The molecule has 6 heteroatoms. The molecule has 0 unspecified atom stereocenters. The molecule has 2 amide bonds. The Hall–Kier alpha value is -2.47. The molecule has 3 rings (SSSR count). The number of carbonyl (C=O) groups is 1. The SMILES string of the molecule is Cc1cnc(CNC(=O)N2CC[C@](O)(c3ccccc3C)C2)cn1. The van der Waals surface area contributed by atoms with Crippen LogP contribution in [-0.4, -0.2) is 39.1 Å². The summed E-state index contributed by atoms with van der Waals surface area (Å²) in [6.45, 7) is 4.99. The normalized spacial score (nSPS) is 20.2. The summed E-state index contributed by atoms with van der Waals surface area (Å²) < 4.78 is 0. The molecule has 6 nitrogen and oxygen atoms in total. The van der Waals surface area contributed by atoms with E-state index in [1.165, 1.54) is 0 Å². The average molecular weight is 326 g/mol. The molecule has 126 valence electrons. The number of aliphatic hydroxyl groups is 1. The highest BCUT2D eigenvalue weighted by Crippen LogP contribution is 2.33. The lowest BCUT2D eigenvalue weighted by Gasteiger charge is -2.25. The van der Waals surface area contributed by atoms with Crippen LogP contribution in [0.5, 0.6) is 0 Å². The summed E-state index contributed by atoms with van der Waals surface area (Å²) in [5.41, 5.74) is 2.50. The highest BCUT2D eigenvalue weighted by atomic mass is 16.3. The topological polar surface area (TPSA) is 78.4 Å². The van der Waals surface area contributed by atoms with Gasteiger partial charge in [-0.25, -0.2) is 4.79 Å². The van der Waals surface area contributed by atoms with Crippen molar-refractivity contribution in [3.8, 4) is 0 Å². The third-order valence-electron chi connectivity index (χ3n) is 4.44. The van der Waals surface area contributed by atoms with Gasteiger partial charge in [0, 0.05) is 12.7 Å². The molecule has 2 N–H and O–H groups in total. The van der Waals surface area contributed by atoms with Crippen molar-refractivity contribution in [2.24, 2.45) is 0 Å². The van der Waals surface area contributed by atoms with E-state index in [0.29, 0.717) is 31.7 Å². The standard InChI is InChI=1S/C18H22N4O2/c1-13-5-3-4-6-16(13)18(24)7-8-22(12-18)17(23)21-11-15-10-19-14(2)9-20-15/h3-6,9-10,24H,7-8,11-12H2,1-2H3,(H,21,23)/t18-/m1/s1. The fourth-order valence-corrected chi connectivity index (χ4v) is 3.07. The maximum absolute atomic E-state index is 12.3. The number of likely N-dealkylation sites (tertiary alicyclic amines) is 1. The van der Waals surface area contributed by atoms with E-state index < -0.39 is 5.60 Å². The van der Waals surface area contributed by atoms with Gasteiger partial charge < -0.3 is 15.3 Å². The first-order chi connectivity index (χ1) is 11.5. The highest BCUT2D eigenvalue weighted by Gasteiger charge is 2.40. The van der Waals surface area contributed by atoms with E-state index in [1.54, 1.807) is 17.3 Å². The molecular weight excluding hydrogens is 304 g/mol. The number of benzene rings is 1. The first kappa shape index (κ1) is 16.4. The van der Waals surface area contributed by atoms with Gasteiger partial charge in [-0.3, -0.25) is 9.97 Å². The van der Waals surface area contributed by atoms with E-state index in [2.05, 4.69) is 15.3 Å². The quantitative estimate of drug-likeness (QED) is 0.903. The lowest BCUT2D eigenvalue weighted by Crippen LogP contribution is -2.40. The van der Waals surface area contributed by atoms with Crippen molar-refractivity contribution in [3.63, 3.8) is 0 Å². The number of nitrogens with one attached hydrogen (secondary N) is 1. The van der Waals surface area contributed by atoms with E-state index in [1.807, 2.05) is 38.1 Å². The Morgan fingerprint density at radius 2 is 2.08 bits per heavy atom. The van der Waals surface area contributed by atoms with E-state index in [0.717, 1.165) is 16.8 Å². The molecular formula is C18H22N4O2. The van der Waals surface area contributed by atoms with Crippen molar-refractivity contribution in [2.75, 3.05) is 13.1 Å². The molecule has 1 aromatic carbocycles. The van der Waals surface area contributed by atoms with Gasteiger partial charge in [0.05, 0.1) is 30.7 Å².